The summed E-state index contributed by atoms with van der Waals surface area (Å²) in [5.74, 6) is 1.34. The molecule has 0 radical (unpaired) electrons. The van der Waals surface area contributed by atoms with Gasteiger partial charge in [0.2, 0.25) is 0 Å². The monoisotopic (exact) mass is 294 g/mol. The van der Waals surface area contributed by atoms with Crippen molar-refractivity contribution in [3.63, 3.8) is 0 Å². The summed E-state index contributed by atoms with van der Waals surface area (Å²) >= 11 is 8.80. The molecule has 0 bridgehead atoms. The molecule has 0 fully saturated rings. The van der Waals surface area contributed by atoms with Gasteiger partial charge in [-0.1, -0.05) is 6.07 Å². The molecule has 0 aromatic heterocycles. The van der Waals surface area contributed by atoms with Crippen LogP contribution in [0.2, 0.25) is 0 Å². The standard InChI is InChI=1S/C10H12BrClO3/c1-14-9-4-2-3-8(11)10(9)15-6-7(13)5-12/h2-4,7,13H,5-6H2,1H3. The molecule has 0 heterocycles. The summed E-state index contributed by atoms with van der Waals surface area (Å²) in [6.07, 6.45) is -0.677. The fourth-order valence-corrected chi connectivity index (χ4v) is 1.57. The number of para-hydroxylation sites is 1. The molecule has 1 aromatic carbocycles. The van der Waals surface area contributed by atoms with Crippen LogP contribution in [-0.2, 0) is 0 Å². The molecule has 84 valence electrons. The van der Waals surface area contributed by atoms with Crippen molar-refractivity contribution in [3.05, 3.63) is 22.7 Å². The van der Waals surface area contributed by atoms with Gasteiger partial charge in [0.1, 0.15) is 12.7 Å². The van der Waals surface area contributed by atoms with Crippen LogP contribution in [0.15, 0.2) is 22.7 Å². The predicted octanol–water partition coefficient (Wildman–Crippen LogP) is 2.44. The second-order valence-corrected chi connectivity index (χ2v) is 4.05. The largest absolute Gasteiger partial charge is 0.493 e. The summed E-state index contributed by atoms with van der Waals surface area (Å²) in [7, 11) is 1.56. The third kappa shape index (κ3) is 3.55. The van der Waals surface area contributed by atoms with Crippen LogP contribution in [0.25, 0.3) is 0 Å². The van der Waals surface area contributed by atoms with Gasteiger partial charge in [-0.2, -0.15) is 0 Å². The van der Waals surface area contributed by atoms with E-state index >= 15 is 0 Å². The highest BCUT2D eigenvalue weighted by atomic mass is 79.9. The molecule has 0 saturated heterocycles. The van der Waals surface area contributed by atoms with Crippen LogP contribution in [0.4, 0.5) is 0 Å². The molecule has 3 nitrogen and oxygen atoms in total. The lowest BCUT2D eigenvalue weighted by atomic mass is 10.3. The van der Waals surface area contributed by atoms with E-state index in [-0.39, 0.29) is 12.5 Å². The molecular formula is C10H12BrClO3. The number of aliphatic hydroxyl groups excluding tert-OH is 1. The molecule has 1 rings (SSSR count). The summed E-state index contributed by atoms with van der Waals surface area (Å²) in [5, 5.41) is 9.26. The Morgan fingerprint density at radius 2 is 2.27 bits per heavy atom. The van der Waals surface area contributed by atoms with Gasteiger partial charge in [-0.3, -0.25) is 0 Å². The van der Waals surface area contributed by atoms with Gasteiger partial charge in [0.15, 0.2) is 11.5 Å². The Morgan fingerprint density at radius 1 is 1.53 bits per heavy atom. The molecule has 1 N–H and O–H groups in total. The number of alkyl halides is 1. The first-order valence-corrected chi connectivity index (χ1v) is 5.71. The maximum Gasteiger partial charge on any atom is 0.175 e. The van der Waals surface area contributed by atoms with Crippen LogP contribution < -0.4 is 9.47 Å². The normalized spacial score (nSPS) is 12.3. The number of rotatable bonds is 5. The summed E-state index contributed by atoms with van der Waals surface area (Å²) in [6, 6.07) is 5.46. The summed E-state index contributed by atoms with van der Waals surface area (Å²) in [4.78, 5) is 0. The first kappa shape index (κ1) is 12.6. The van der Waals surface area contributed by atoms with E-state index in [0.29, 0.717) is 11.5 Å². The second-order valence-electron chi connectivity index (χ2n) is 2.89. The number of methoxy groups -OCH3 is 1. The molecule has 0 spiro atoms. The van der Waals surface area contributed by atoms with Crippen molar-refractivity contribution < 1.29 is 14.6 Å². The van der Waals surface area contributed by atoms with E-state index < -0.39 is 6.10 Å². The average Bonchev–Trinajstić information content (AvgIpc) is 2.26. The highest BCUT2D eigenvalue weighted by molar-refractivity contribution is 9.10. The predicted molar refractivity (Wildman–Crippen MR) is 62.9 cm³/mol. The molecule has 0 aliphatic heterocycles. The van der Waals surface area contributed by atoms with Gasteiger partial charge in [0, 0.05) is 0 Å². The van der Waals surface area contributed by atoms with Crippen LogP contribution in [0.1, 0.15) is 0 Å². The van der Waals surface area contributed by atoms with Crippen LogP contribution >= 0.6 is 27.5 Å². The number of halogens is 2. The van der Waals surface area contributed by atoms with E-state index in [9.17, 15) is 5.11 Å². The van der Waals surface area contributed by atoms with Crippen molar-refractivity contribution in [3.8, 4) is 11.5 Å². The summed E-state index contributed by atoms with van der Waals surface area (Å²) in [6.45, 7) is 0.141. The molecule has 0 aliphatic rings. The SMILES string of the molecule is COc1cccc(Br)c1OCC(O)CCl. The summed E-state index contributed by atoms with van der Waals surface area (Å²) in [5.41, 5.74) is 0. The topological polar surface area (TPSA) is 38.7 Å². The van der Waals surface area contributed by atoms with Crippen molar-refractivity contribution in [1.82, 2.24) is 0 Å². The van der Waals surface area contributed by atoms with Gasteiger partial charge in [0.05, 0.1) is 17.5 Å². The van der Waals surface area contributed by atoms with Crippen molar-refractivity contribution in [2.75, 3.05) is 19.6 Å². The number of hydrogen-bond acceptors (Lipinski definition) is 3. The Hall–Kier alpha value is -0.450. The van der Waals surface area contributed by atoms with Crippen LogP contribution in [0, 0.1) is 0 Å². The zero-order chi connectivity index (χ0) is 11.3. The molecular weight excluding hydrogens is 283 g/mol. The molecule has 15 heavy (non-hydrogen) atoms. The lowest BCUT2D eigenvalue weighted by Crippen LogP contribution is -2.19. The minimum absolute atomic E-state index is 0.141. The van der Waals surface area contributed by atoms with Gasteiger partial charge in [0.25, 0.3) is 0 Å². The highest BCUT2D eigenvalue weighted by Crippen LogP contribution is 2.34. The number of hydrogen-bond donors (Lipinski definition) is 1. The minimum Gasteiger partial charge on any atom is -0.493 e. The third-order valence-electron chi connectivity index (χ3n) is 1.75. The zero-order valence-corrected chi connectivity index (χ0v) is 10.6. The van der Waals surface area contributed by atoms with E-state index in [2.05, 4.69) is 15.9 Å². The number of ether oxygens (including phenoxy) is 2. The first-order chi connectivity index (χ1) is 7.19. The Labute approximate surface area is 102 Å². The molecule has 1 aromatic rings. The van der Waals surface area contributed by atoms with E-state index in [0.717, 1.165) is 4.47 Å². The average molecular weight is 296 g/mol. The van der Waals surface area contributed by atoms with Gasteiger partial charge < -0.3 is 14.6 Å². The van der Waals surface area contributed by atoms with Gasteiger partial charge in [-0.25, -0.2) is 0 Å². The first-order valence-electron chi connectivity index (χ1n) is 4.38. The Balaban J connectivity index is 2.74. The van der Waals surface area contributed by atoms with E-state index in [1.54, 1.807) is 13.2 Å². The lowest BCUT2D eigenvalue weighted by Gasteiger charge is -2.13. The van der Waals surface area contributed by atoms with Crippen molar-refractivity contribution in [2.24, 2.45) is 0 Å². The van der Waals surface area contributed by atoms with Crippen molar-refractivity contribution >= 4 is 27.5 Å². The zero-order valence-electron chi connectivity index (χ0n) is 8.24. The molecule has 1 atom stereocenters. The van der Waals surface area contributed by atoms with Gasteiger partial charge in [-0.15, -0.1) is 11.6 Å². The van der Waals surface area contributed by atoms with E-state index in [1.165, 1.54) is 0 Å². The smallest absolute Gasteiger partial charge is 0.175 e. The van der Waals surface area contributed by atoms with Crippen molar-refractivity contribution in [2.45, 2.75) is 6.10 Å². The Bertz CT molecular complexity index is 320. The van der Waals surface area contributed by atoms with Gasteiger partial charge >= 0.3 is 0 Å². The molecule has 5 heteroatoms. The quantitative estimate of drug-likeness (QED) is 0.848. The van der Waals surface area contributed by atoms with E-state index in [1.807, 2.05) is 12.1 Å². The van der Waals surface area contributed by atoms with Crippen LogP contribution in [-0.4, -0.2) is 30.8 Å². The summed E-state index contributed by atoms with van der Waals surface area (Å²) < 4.78 is 11.3. The minimum atomic E-state index is -0.677. The second kappa shape index (κ2) is 6.20. The fraction of sp³-hybridized carbons (Fsp3) is 0.400. The Morgan fingerprint density at radius 3 is 2.87 bits per heavy atom. The highest BCUT2D eigenvalue weighted by Gasteiger charge is 2.10. The molecule has 1 unspecified atom stereocenters. The van der Waals surface area contributed by atoms with Crippen LogP contribution in [0.3, 0.4) is 0 Å². The molecule has 0 aliphatic carbocycles. The van der Waals surface area contributed by atoms with Gasteiger partial charge in [-0.05, 0) is 28.1 Å². The number of aliphatic hydroxyl groups is 1. The molecule has 0 saturated carbocycles. The van der Waals surface area contributed by atoms with E-state index in [4.69, 9.17) is 21.1 Å². The fourth-order valence-electron chi connectivity index (χ4n) is 1.01. The third-order valence-corrected chi connectivity index (χ3v) is 2.73. The maximum atomic E-state index is 9.26. The number of benzene rings is 1. The lowest BCUT2D eigenvalue weighted by molar-refractivity contribution is 0.122. The Kier molecular flexibility index (Phi) is 5.22. The van der Waals surface area contributed by atoms with Crippen molar-refractivity contribution in [1.29, 1.82) is 0 Å². The maximum absolute atomic E-state index is 9.26. The van der Waals surface area contributed by atoms with Crippen LogP contribution in [0.5, 0.6) is 11.5 Å². The molecule has 0 amide bonds.